The molecule has 56 valence electrons. The molecule has 1 saturated heterocycles. The van der Waals surface area contributed by atoms with Gasteiger partial charge in [0.1, 0.15) is 0 Å². The number of aliphatic hydroxyl groups excluding tert-OH is 1. The molecule has 3 unspecified atom stereocenters. The number of rotatable bonds is 1. The van der Waals surface area contributed by atoms with Crippen LogP contribution >= 0.6 is 0 Å². The monoisotopic (exact) mass is 140 g/mol. The van der Waals surface area contributed by atoms with Crippen molar-refractivity contribution in [2.75, 3.05) is 6.61 Å². The second-order valence-electron chi connectivity index (χ2n) is 3.16. The Labute approximate surface area is 60.5 Å². The van der Waals surface area contributed by atoms with E-state index < -0.39 is 0 Å². The second-order valence-corrected chi connectivity index (χ2v) is 3.16. The minimum atomic E-state index is 0.199. The van der Waals surface area contributed by atoms with Crippen molar-refractivity contribution in [2.45, 2.75) is 19.1 Å². The quantitative estimate of drug-likeness (QED) is 0.539. The summed E-state index contributed by atoms with van der Waals surface area (Å²) in [5.74, 6) is 0.843. The zero-order valence-electron chi connectivity index (χ0n) is 6.03. The lowest BCUT2D eigenvalue weighted by Crippen LogP contribution is -2.24. The Hall–Kier alpha value is -0.340. The van der Waals surface area contributed by atoms with E-state index in [1.165, 1.54) is 0 Å². The lowest BCUT2D eigenvalue weighted by molar-refractivity contribution is 0.0941. The van der Waals surface area contributed by atoms with E-state index in [1.54, 1.807) is 0 Å². The van der Waals surface area contributed by atoms with Gasteiger partial charge in [-0.15, -0.1) is 0 Å². The molecular weight excluding hydrogens is 128 g/mol. The summed E-state index contributed by atoms with van der Waals surface area (Å²) >= 11 is 0. The van der Waals surface area contributed by atoms with E-state index in [-0.39, 0.29) is 18.8 Å². The van der Waals surface area contributed by atoms with Crippen LogP contribution in [-0.2, 0) is 4.74 Å². The number of aliphatic hydroxyl groups is 1. The van der Waals surface area contributed by atoms with Crippen LogP contribution in [0.2, 0.25) is 0 Å². The van der Waals surface area contributed by atoms with Crippen LogP contribution in [-0.4, -0.2) is 23.9 Å². The van der Waals surface area contributed by atoms with Gasteiger partial charge in [0.2, 0.25) is 0 Å². The number of hydrogen-bond donors (Lipinski definition) is 1. The molecule has 0 spiro atoms. The first-order valence-corrected chi connectivity index (χ1v) is 3.77. The van der Waals surface area contributed by atoms with Crippen molar-refractivity contribution in [1.29, 1.82) is 0 Å². The molecule has 0 aromatic rings. The number of hydrogen-bond acceptors (Lipinski definition) is 2. The van der Waals surface area contributed by atoms with Crippen molar-refractivity contribution in [2.24, 2.45) is 11.8 Å². The van der Waals surface area contributed by atoms with Crippen molar-refractivity contribution in [3.63, 3.8) is 0 Å². The summed E-state index contributed by atoms with van der Waals surface area (Å²) < 4.78 is 5.52. The van der Waals surface area contributed by atoms with E-state index in [4.69, 9.17) is 9.84 Å². The van der Waals surface area contributed by atoms with Gasteiger partial charge in [0.25, 0.3) is 0 Å². The molecule has 0 aromatic heterocycles. The van der Waals surface area contributed by atoms with Gasteiger partial charge in [-0.2, -0.15) is 0 Å². The van der Waals surface area contributed by atoms with Crippen LogP contribution in [0.25, 0.3) is 0 Å². The van der Waals surface area contributed by atoms with E-state index in [9.17, 15) is 0 Å². The van der Waals surface area contributed by atoms with E-state index in [2.05, 4.69) is 19.1 Å². The Morgan fingerprint density at radius 2 is 2.10 bits per heavy atom. The van der Waals surface area contributed by atoms with Crippen LogP contribution < -0.4 is 0 Å². The molecular formula is C8H12O2. The Kier molecular flexibility index (Phi) is 1.32. The molecule has 1 fully saturated rings. The van der Waals surface area contributed by atoms with Crippen molar-refractivity contribution in [3.05, 3.63) is 12.2 Å². The van der Waals surface area contributed by atoms with Gasteiger partial charge in [-0.25, -0.2) is 0 Å². The molecule has 2 nitrogen and oxygen atoms in total. The molecule has 2 heteroatoms. The summed E-state index contributed by atoms with van der Waals surface area (Å²) in [6, 6.07) is 0. The van der Waals surface area contributed by atoms with Gasteiger partial charge in [-0.1, -0.05) is 19.1 Å². The van der Waals surface area contributed by atoms with Crippen molar-refractivity contribution in [1.82, 2.24) is 0 Å². The zero-order chi connectivity index (χ0) is 7.14. The maximum absolute atomic E-state index is 8.94. The predicted octanol–water partition coefficient (Wildman–Crippen LogP) is 0.568. The lowest BCUT2D eigenvalue weighted by atomic mass is 9.85. The molecule has 10 heavy (non-hydrogen) atoms. The molecule has 0 radical (unpaired) electrons. The van der Waals surface area contributed by atoms with E-state index in [1.807, 2.05) is 0 Å². The van der Waals surface area contributed by atoms with Crippen molar-refractivity contribution < 1.29 is 9.84 Å². The molecule has 2 aliphatic heterocycles. The summed E-state index contributed by atoms with van der Waals surface area (Å²) in [7, 11) is 0. The summed E-state index contributed by atoms with van der Waals surface area (Å²) in [5, 5.41) is 8.94. The van der Waals surface area contributed by atoms with Crippen molar-refractivity contribution >= 4 is 0 Å². The maximum Gasteiger partial charge on any atom is 0.0818 e. The van der Waals surface area contributed by atoms with Gasteiger partial charge in [0, 0.05) is 12.5 Å². The third-order valence-electron chi connectivity index (χ3n) is 2.63. The van der Waals surface area contributed by atoms with Crippen LogP contribution in [0.4, 0.5) is 0 Å². The number of fused-ring (bicyclic) bond motifs is 2. The minimum absolute atomic E-state index is 0.199. The smallest absolute Gasteiger partial charge is 0.0818 e. The standard InChI is InChI=1S/C8H12O2/c1-5-6(4-9)8-3-2-7(5)10-8/h2-3,5-9H,4H2,1H3/t5?,6?,7-,8?/m1/s1. The molecule has 0 saturated carbocycles. The Morgan fingerprint density at radius 1 is 1.40 bits per heavy atom. The Bertz CT molecular complexity index is 165. The van der Waals surface area contributed by atoms with Gasteiger partial charge < -0.3 is 9.84 Å². The van der Waals surface area contributed by atoms with Gasteiger partial charge >= 0.3 is 0 Å². The van der Waals surface area contributed by atoms with Crippen LogP contribution in [0.15, 0.2) is 12.2 Å². The molecule has 2 bridgehead atoms. The second kappa shape index (κ2) is 2.07. The third-order valence-corrected chi connectivity index (χ3v) is 2.63. The highest BCUT2D eigenvalue weighted by Crippen LogP contribution is 2.37. The summed E-state index contributed by atoms with van der Waals surface area (Å²) in [6.45, 7) is 2.39. The third kappa shape index (κ3) is 0.662. The molecule has 4 atom stereocenters. The first kappa shape index (κ1) is 6.38. The van der Waals surface area contributed by atoms with E-state index in [0.717, 1.165) is 0 Å². The fourth-order valence-corrected chi connectivity index (χ4v) is 1.85. The van der Waals surface area contributed by atoms with Gasteiger partial charge in [-0.05, 0) is 5.92 Å². The van der Waals surface area contributed by atoms with Crippen LogP contribution in [0.5, 0.6) is 0 Å². The summed E-state index contributed by atoms with van der Waals surface area (Å²) in [6.07, 6.45) is 4.64. The molecule has 2 aliphatic rings. The molecule has 2 heterocycles. The highest BCUT2D eigenvalue weighted by molar-refractivity contribution is 5.13. The first-order chi connectivity index (χ1) is 4.83. The average molecular weight is 140 g/mol. The molecule has 2 rings (SSSR count). The minimum Gasteiger partial charge on any atom is -0.396 e. The SMILES string of the molecule is CC1C(CO)C2C=C[C@H]1O2. The molecule has 0 amide bonds. The fourth-order valence-electron chi connectivity index (χ4n) is 1.85. The van der Waals surface area contributed by atoms with Gasteiger partial charge in [0.05, 0.1) is 12.2 Å². The highest BCUT2D eigenvalue weighted by Gasteiger charge is 2.42. The average Bonchev–Trinajstić information content (AvgIpc) is 2.46. The Morgan fingerprint density at radius 3 is 2.50 bits per heavy atom. The van der Waals surface area contributed by atoms with Gasteiger partial charge in [0.15, 0.2) is 0 Å². The summed E-state index contributed by atoms with van der Waals surface area (Å²) in [5.41, 5.74) is 0. The first-order valence-electron chi connectivity index (χ1n) is 3.77. The molecule has 0 aliphatic carbocycles. The van der Waals surface area contributed by atoms with Crippen LogP contribution in [0, 0.1) is 11.8 Å². The molecule has 0 aromatic carbocycles. The lowest BCUT2D eigenvalue weighted by Gasteiger charge is -2.18. The predicted molar refractivity (Wildman–Crippen MR) is 37.5 cm³/mol. The van der Waals surface area contributed by atoms with Gasteiger partial charge in [-0.3, -0.25) is 0 Å². The van der Waals surface area contributed by atoms with E-state index in [0.29, 0.717) is 11.8 Å². The van der Waals surface area contributed by atoms with Crippen LogP contribution in [0.3, 0.4) is 0 Å². The molecule has 1 N–H and O–H groups in total. The number of ether oxygens (including phenoxy) is 1. The van der Waals surface area contributed by atoms with E-state index >= 15 is 0 Å². The zero-order valence-corrected chi connectivity index (χ0v) is 6.03. The normalized spacial score (nSPS) is 50.6. The maximum atomic E-state index is 8.94. The van der Waals surface area contributed by atoms with Crippen LogP contribution in [0.1, 0.15) is 6.92 Å². The topological polar surface area (TPSA) is 29.5 Å². The highest BCUT2D eigenvalue weighted by atomic mass is 16.5. The largest absolute Gasteiger partial charge is 0.396 e. The Balaban J connectivity index is 2.18. The van der Waals surface area contributed by atoms with Crippen molar-refractivity contribution in [3.8, 4) is 0 Å². The fraction of sp³-hybridized carbons (Fsp3) is 0.750. The summed E-state index contributed by atoms with van der Waals surface area (Å²) in [4.78, 5) is 0.